The maximum Gasteiger partial charge on any atom is 0.220 e. The van der Waals surface area contributed by atoms with Gasteiger partial charge in [0.05, 0.1) is 0 Å². The first-order valence-corrected chi connectivity index (χ1v) is 8.77. The molecule has 2 heterocycles. The summed E-state index contributed by atoms with van der Waals surface area (Å²) in [6.07, 6.45) is 8.00. The van der Waals surface area contributed by atoms with Gasteiger partial charge in [0.2, 0.25) is 5.91 Å². The van der Waals surface area contributed by atoms with E-state index in [1.165, 1.54) is 25.7 Å². The molecule has 0 aromatic rings. The van der Waals surface area contributed by atoms with E-state index in [1.807, 2.05) is 0 Å². The summed E-state index contributed by atoms with van der Waals surface area (Å²) in [5.74, 6) is 0.870. The van der Waals surface area contributed by atoms with Crippen LogP contribution >= 0.6 is 0 Å². The lowest BCUT2D eigenvalue weighted by molar-refractivity contribution is -0.122. The Balaban J connectivity index is 1.52. The van der Waals surface area contributed by atoms with E-state index in [0.717, 1.165) is 32.4 Å². The van der Waals surface area contributed by atoms with Gasteiger partial charge in [-0.05, 0) is 71.9 Å². The average molecular weight is 295 g/mol. The van der Waals surface area contributed by atoms with Gasteiger partial charge in [0.1, 0.15) is 0 Å². The predicted octanol–water partition coefficient (Wildman–Crippen LogP) is 2.14. The lowest BCUT2D eigenvalue weighted by Crippen LogP contribution is -2.39. The quantitative estimate of drug-likeness (QED) is 0.674. The lowest BCUT2D eigenvalue weighted by atomic mass is 9.89. The van der Waals surface area contributed by atoms with E-state index in [9.17, 15) is 4.79 Å². The Morgan fingerprint density at radius 3 is 2.52 bits per heavy atom. The van der Waals surface area contributed by atoms with Gasteiger partial charge in [-0.1, -0.05) is 0 Å². The standard InChI is InChI=1S/C17H33N3O/c1-13(2)20(3)9-5-4-8-18-17(21)12-14-10-15-6-7-16(11-14)19-15/h13-16,19H,4-12H2,1-3H3,(H,18,21). The molecule has 0 aromatic heterocycles. The normalized spacial score (nSPS) is 28.3. The van der Waals surface area contributed by atoms with Crippen molar-refractivity contribution in [3.8, 4) is 0 Å². The van der Waals surface area contributed by atoms with Crippen LogP contribution in [0.4, 0.5) is 0 Å². The molecule has 2 aliphatic heterocycles. The fraction of sp³-hybridized carbons (Fsp3) is 0.941. The maximum atomic E-state index is 12.0. The molecule has 0 spiro atoms. The number of fused-ring (bicyclic) bond motifs is 2. The molecule has 122 valence electrons. The molecule has 2 aliphatic rings. The summed E-state index contributed by atoms with van der Waals surface area (Å²) >= 11 is 0. The van der Waals surface area contributed by atoms with Crippen LogP contribution in [-0.2, 0) is 4.79 Å². The Morgan fingerprint density at radius 2 is 1.90 bits per heavy atom. The van der Waals surface area contributed by atoms with Gasteiger partial charge in [0.15, 0.2) is 0 Å². The molecule has 0 radical (unpaired) electrons. The highest BCUT2D eigenvalue weighted by Gasteiger charge is 2.33. The highest BCUT2D eigenvalue weighted by Crippen LogP contribution is 2.32. The van der Waals surface area contributed by atoms with Crippen LogP contribution in [0, 0.1) is 5.92 Å². The Labute approximate surface area is 130 Å². The number of piperidine rings is 1. The summed E-state index contributed by atoms with van der Waals surface area (Å²) in [5.41, 5.74) is 0. The molecule has 2 bridgehead atoms. The molecule has 2 saturated heterocycles. The molecular weight excluding hydrogens is 262 g/mol. The number of hydrogen-bond donors (Lipinski definition) is 2. The molecule has 1 amide bonds. The Kier molecular flexibility index (Phi) is 6.49. The number of carbonyl (C=O) groups is 1. The van der Waals surface area contributed by atoms with Crippen molar-refractivity contribution in [2.75, 3.05) is 20.1 Å². The van der Waals surface area contributed by atoms with Crippen molar-refractivity contribution >= 4 is 5.91 Å². The van der Waals surface area contributed by atoms with Crippen LogP contribution in [0.3, 0.4) is 0 Å². The molecule has 21 heavy (non-hydrogen) atoms. The topological polar surface area (TPSA) is 44.4 Å². The zero-order chi connectivity index (χ0) is 15.2. The van der Waals surface area contributed by atoms with E-state index in [-0.39, 0.29) is 5.91 Å². The summed E-state index contributed by atoms with van der Waals surface area (Å²) in [5, 5.41) is 6.74. The number of hydrogen-bond acceptors (Lipinski definition) is 3. The van der Waals surface area contributed by atoms with Crippen LogP contribution in [0.1, 0.15) is 58.8 Å². The van der Waals surface area contributed by atoms with Gasteiger partial charge in [-0.2, -0.15) is 0 Å². The molecule has 2 fully saturated rings. The lowest BCUT2D eigenvalue weighted by Gasteiger charge is -2.28. The number of carbonyl (C=O) groups excluding carboxylic acids is 1. The number of amides is 1. The Hall–Kier alpha value is -0.610. The minimum atomic E-state index is 0.263. The largest absolute Gasteiger partial charge is 0.356 e. The third-order valence-electron chi connectivity index (χ3n) is 5.19. The van der Waals surface area contributed by atoms with Crippen molar-refractivity contribution in [2.24, 2.45) is 5.92 Å². The zero-order valence-corrected chi connectivity index (χ0v) is 14.0. The smallest absolute Gasteiger partial charge is 0.220 e. The van der Waals surface area contributed by atoms with Gasteiger partial charge in [-0.25, -0.2) is 0 Å². The van der Waals surface area contributed by atoms with E-state index in [0.29, 0.717) is 24.0 Å². The molecule has 0 saturated carbocycles. The van der Waals surface area contributed by atoms with Crippen LogP contribution in [0.2, 0.25) is 0 Å². The van der Waals surface area contributed by atoms with Gasteiger partial charge in [-0.15, -0.1) is 0 Å². The monoisotopic (exact) mass is 295 g/mol. The van der Waals surface area contributed by atoms with Gasteiger partial charge in [-0.3, -0.25) is 4.79 Å². The highest BCUT2D eigenvalue weighted by molar-refractivity contribution is 5.76. The van der Waals surface area contributed by atoms with Crippen molar-refractivity contribution in [3.63, 3.8) is 0 Å². The molecule has 0 aliphatic carbocycles. The molecule has 2 rings (SSSR count). The minimum Gasteiger partial charge on any atom is -0.356 e. The maximum absolute atomic E-state index is 12.0. The van der Waals surface area contributed by atoms with Crippen molar-refractivity contribution < 1.29 is 4.79 Å². The number of rotatable bonds is 8. The third kappa shape index (κ3) is 5.59. The van der Waals surface area contributed by atoms with Crippen molar-refractivity contribution in [2.45, 2.75) is 76.9 Å². The summed E-state index contributed by atoms with van der Waals surface area (Å²) in [7, 11) is 2.16. The van der Waals surface area contributed by atoms with E-state index in [2.05, 4.69) is 36.4 Å². The summed E-state index contributed by atoms with van der Waals surface area (Å²) in [6.45, 7) is 6.38. The summed E-state index contributed by atoms with van der Waals surface area (Å²) in [4.78, 5) is 14.4. The van der Waals surface area contributed by atoms with Gasteiger partial charge in [0, 0.05) is 31.1 Å². The Morgan fingerprint density at radius 1 is 1.24 bits per heavy atom. The second kappa shape index (κ2) is 8.14. The summed E-state index contributed by atoms with van der Waals surface area (Å²) < 4.78 is 0. The number of nitrogens with zero attached hydrogens (tertiary/aromatic N) is 1. The average Bonchev–Trinajstić information content (AvgIpc) is 2.77. The van der Waals surface area contributed by atoms with Crippen molar-refractivity contribution in [1.82, 2.24) is 15.5 Å². The third-order valence-corrected chi connectivity index (χ3v) is 5.19. The highest BCUT2D eigenvalue weighted by atomic mass is 16.1. The van der Waals surface area contributed by atoms with Gasteiger partial charge < -0.3 is 15.5 Å². The molecule has 2 N–H and O–H groups in total. The second-order valence-corrected chi connectivity index (χ2v) is 7.31. The molecule has 2 unspecified atom stereocenters. The molecule has 4 heteroatoms. The van der Waals surface area contributed by atoms with E-state index in [4.69, 9.17) is 0 Å². The second-order valence-electron chi connectivity index (χ2n) is 7.31. The molecule has 2 atom stereocenters. The molecule has 0 aromatic carbocycles. The first-order chi connectivity index (χ1) is 10.0. The SMILES string of the molecule is CC(C)N(C)CCCCNC(=O)CC1CC2CCC(C1)N2. The van der Waals surface area contributed by atoms with Crippen LogP contribution in [0.25, 0.3) is 0 Å². The fourth-order valence-electron chi connectivity index (χ4n) is 3.65. The number of unbranched alkanes of at least 4 members (excludes halogenated alkanes) is 1. The predicted molar refractivity (Wildman–Crippen MR) is 87.3 cm³/mol. The van der Waals surface area contributed by atoms with Gasteiger partial charge in [0.25, 0.3) is 0 Å². The zero-order valence-electron chi connectivity index (χ0n) is 14.0. The van der Waals surface area contributed by atoms with Crippen LogP contribution in [-0.4, -0.2) is 49.1 Å². The molecular formula is C17H33N3O. The van der Waals surface area contributed by atoms with Gasteiger partial charge >= 0.3 is 0 Å². The first kappa shape index (κ1) is 16.8. The fourth-order valence-corrected chi connectivity index (χ4v) is 3.65. The van der Waals surface area contributed by atoms with E-state index < -0.39 is 0 Å². The number of nitrogens with one attached hydrogen (secondary N) is 2. The van der Waals surface area contributed by atoms with Crippen LogP contribution < -0.4 is 10.6 Å². The van der Waals surface area contributed by atoms with E-state index in [1.54, 1.807) is 0 Å². The minimum absolute atomic E-state index is 0.263. The Bertz CT molecular complexity index is 320. The van der Waals surface area contributed by atoms with E-state index >= 15 is 0 Å². The van der Waals surface area contributed by atoms with Crippen molar-refractivity contribution in [1.29, 1.82) is 0 Å². The first-order valence-electron chi connectivity index (χ1n) is 8.77. The summed E-state index contributed by atoms with van der Waals surface area (Å²) in [6, 6.07) is 1.98. The van der Waals surface area contributed by atoms with Crippen LogP contribution in [0.5, 0.6) is 0 Å². The van der Waals surface area contributed by atoms with Crippen LogP contribution in [0.15, 0.2) is 0 Å². The van der Waals surface area contributed by atoms with Crippen molar-refractivity contribution in [3.05, 3.63) is 0 Å². The molecule has 4 nitrogen and oxygen atoms in total.